The number of rotatable bonds is 7. The van der Waals surface area contributed by atoms with Crippen molar-refractivity contribution >= 4 is 0 Å². The minimum absolute atomic E-state index is 0.0973. The van der Waals surface area contributed by atoms with Gasteiger partial charge in [-0.2, -0.15) is 0 Å². The minimum Gasteiger partial charge on any atom is -0.454 e. The summed E-state index contributed by atoms with van der Waals surface area (Å²) in [4.78, 5) is 0. The third-order valence-electron chi connectivity index (χ3n) is 5.67. The van der Waals surface area contributed by atoms with Crippen molar-refractivity contribution < 1.29 is 18.9 Å². The molecule has 1 saturated carbocycles. The van der Waals surface area contributed by atoms with Gasteiger partial charge in [-0.15, -0.1) is 0 Å². The lowest BCUT2D eigenvalue weighted by molar-refractivity contribution is 0.0465. The van der Waals surface area contributed by atoms with Gasteiger partial charge in [-0.3, -0.25) is 0 Å². The molecule has 0 spiro atoms. The molecule has 24 heavy (non-hydrogen) atoms. The van der Waals surface area contributed by atoms with Crippen molar-refractivity contribution in [2.45, 2.75) is 37.1 Å². The molecule has 1 saturated heterocycles. The Balaban J connectivity index is 1.53. The van der Waals surface area contributed by atoms with Gasteiger partial charge in [0.15, 0.2) is 11.5 Å². The van der Waals surface area contributed by atoms with Crippen molar-refractivity contribution in [1.82, 2.24) is 5.32 Å². The van der Waals surface area contributed by atoms with E-state index in [-0.39, 0.29) is 5.41 Å². The Kier molecular flexibility index (Phi) is 4.66. The zero-order valence-corrected chi connectivity index (χ0v) is 14.4. The summed E-state index contributed by atoms with van der Waals surface area (Å²) < 4.78 is 22.1. The third kappa shape index (κ3) is 3.25. The average Bonchev–Trinajstić information content (AvgIpc) is 3.36. The minimum atomic E-state index is 0.0973. The first-order valence-electron chi connectivity index (χ1n) is 9.01. The first-order valence-corrected chi connectivity index (χ1v) is 9.01. The Labute approximate surface area is 143 Å². The van der Waals surface area contributed by atoms with Crippen molar-refractivity contribution in [2.75, 3.05) is 40.3 Å². The maximum Gasteiger partial charge on any atom is 0.231 e. The molecule has 0 radical (unpaired) electrons. The fraction of sp³-hybridized carbons (Fsp3) is 0.684. The zero-order chi connectivity index (χ0) is 16.4. The fourth-order valence-electron chi connectivity index (χ4n) is 3.92. The molecule has 2 heterocycles. The van der Waals surface area contributed by atoms with E-state index in [4.69, 9.17) is 18.9 Å². The molecule has 1 N–H and O–H groups in total. The number of ether oxygens (including phenoxy) is 4. The Morgan fingerprint density at radius 3 is 2.75 bits per heavy atom. The van der Waals surface area contributed by atoms with E-state index in [1.807, 2.05) is 6.07 Å². The van der Waals surface area contributed by atoms with Gasteiger partial charge in [0.25, 0.3) is 0 Å². The molecule has 2 fully saturated rings. The summed E-state index contributed by atoms with van der Waals surface area (Å²) in [5, 5.41) is 3.81. The van der Waals surface area contributed by atoms with E-state index >= 15 is 0 Å². The molecule has 5 heteroatoms. The van der Waals surface area contributed by atoms with Gasteiger partial charge >= 0.3 is 0 Å². The lowest BCUT2D eigenvalue weighted by Crippen LogP contribution is -2.47. The highest BCUT2D eigenvalue weighted by atomic mass is 16.7. The van der Waals surface area contributed by atoms with E-state index in [0.717, 1.165) is 56.6 Å². The van der Waals surface area contributed by atoms with Gasteiger partial charge < -0.3 is 24.3 Å². The maximum atomic E-state index is 5.64. The van der Waals surface area contributed by atoms with E-state index in [2.05, 4.69) is 17.4 Å². The van der Waals surface area contributed by atoms with Crippen LogP contribution in [-0.2, 0) is 14.9 Å². The van der Waals surface area contributed by atoms with Crippen molar-refractivity contribution in [3.8, 4) is 11.5 Å². The average molecular weight is 333 g/mol. The summed E-state index contributed by atoms with van der Waals surface area (Å²) in [6, 6.07) is 6.87. The van der Waals surface area contributed by atoms with E-state index < -0.39 is 0 Å². The summed E-state index contributed by atoms with van der Waals surface area (Å²) in [6.45, 7) is 3.70. The standard InChI is InChI=1S/C19H27NO4/c1-21-11-16(14-2-3-14)20-12-19(6-8-22-9-7-19)15-4-5-17-18(10-15)24-13-23-17/h4-5,10,14,16,20H,2-3,6-9,11-13H2,1H3. The SMILES string of the molecule is COCC(NCC1(c2ccc3c(c2)OCO3)CCOCC1)C1CC1. The molecule has 0 amide bonds. The van der Waals surface area contributed by atoms with E-state index in [0.29, 0.717) is 12.8 Å². The smallest absolute Gasteiger partial charge is 0.231 e. The summed E-state index contributed by atoms with van der Waals surface area (Å²) in [6.07, 6.45) is 4.70. The highest BCUT2D eigenvalue weighted by Gasteiger charge is 2.38. The van der Waals surface area contributed by atoms with Crippen LogP contribution in [-0.4, -0.2) is 46.3 Å². The highest BCUT2D eigenvalue weighted by molar-refractivity contribution is 5.47. The van der Waals surface area contributed by atoms with Crippen LogP contribution in [0.2, 0.25) is 0 Å². The molecular formula is C19H27NO4. The quantitative estimate of drug-likeness (QED) is 0.831. The van der Waals surface area contributed by atoms with Gasteiger partial charge in [-0.05, 0) is 49.3 Å². The van der Waals surface area contributed by atoms with Crippen molar-refractivity contribution in [3.05, 3.63) is 23.8 Å². The Bertz CT molecular complexity index is 566. The van der Waals surface area contributed by atoms with E-state index in [1.54, 1.807) is 7.11 Å². The predicted molar refractivity (Wildman–Crippen MR) is 90.7 cm³/mol. The number of benzene rings is 1. The molecule has 2 aliphatic heterocycles. The van der Waals surface area contributed by atoms with Crippen LogP contribution in [0.3, 0.4) is 0 Å². The van der Waals surface area contributed by atoms with Gasteiger partial charge in [0, 0.05) is 38.3 Å². The van der Waals surface area contributed by atoms with E-state index in [9.17, 15) is 0 Å². The van der Waals surface area contributed by atoms with Crippen LogP contribution >= 0.6 is 0 Å². The molecule has 3 aliphatic rings. The molecule has 0 bridgehead atoms. The second kappa shape index (κ2) is 6.90. The van der Waals surface area contributed by atoms with Crippen molar-refractivity contribution in [3.63, 3.8) is 0 Å². The molecule has 1 aromatic carbocycles. The fourth-order valence-corrected chi connectivity index (χ4v) is 3.92. The highest BCUT2D eigenvalue weighted by Crippen LogP contribution is 2.41. The Hall–Kier alpha value is -1.30. The zero-order valence-electron chi connectivity index (χ0n) is 14.4. The summed E-state index contributed by atoms with van der Waals surface area (Å²) >= 11 is 0. The maximum absolute atomic E-state index is 5.64. The molecule has 1 atom stereocenters. The summed E-state index contributed by atoms with van der Waals surface area (Å²) in [5.74, 6) is 2.50. The second-order valence-corrected chi connectivity index (χ2v) is 7.24. The van der Waals surface area contributed by atoms with Gasteiger partial charge in [0.05, 0.1) is 6.61 Å². The van der Waals surface area contributed by atoms with Crippen molar-refractivity contribution in [2.24, 2.45) is 5.92 Å². The molecule has 132 valence electrons. The van der Waals surface area contributed by atoms with Crippen LogP contribution in [0.1, 0.15) is 31.2 Å². The molecular weight excluding hydrogens is 306 g/mol. The molecule has 5 nitrogen and oxygen atoms in total. The number of hydrogen-bond donors (Lipinski definition) is 1. The normalized spacial score (nSPS) is 23.2. The van der Waals surface area contributed by atoms with Crippen LogP contribution < -0.4 is 14.8 Å². The molecule has 1 aromatic rings. The predicted octanol–water partition coefficient (Wildman–Crippen LogP) is 2.48. The van der Waals surface area contributed by atoms with Gasteiger partial charge in [0.2, 0.25) is 6.79 Å². The van der Waals surface area contributed by atoms with Gasteiger partial charge in [-0.1, -0.05) is 6.07 Å². The van der Waals surface area contributed by atoms with Crippen LogP contribution in [0, 0.1) is 5.92 Å². The van der Waals surface area contributed by atoms with Crippen molar-refractivity contribution in [1.29, 1.82) is 0 Å². The second-order valence-electron chi connectivity index (χ2n) is 7.24. The van der Waals surface area contributed by atoms with Crippen LogP contribution in [0.15, 0.2) is 18.2 Å². The first-order chi connectivity index (χ1) is 11.8. The van der Waals surface area contributed by atoms with Gasteiger partial charge in [0.1, 0.15) is 0 Å². The molecule has 0 aromatic heterocycles. The van der Waals surface area contributed by atoms with Crippen LogP contribution in [0.5, 0.6) is 11.5 Å². The van der Waals surface area contributed by atoms with E-state index in [1.165, 1.54) is 18.4 Å². The van der Waals surface area contributed by atoms with Crippen LogP contribution in [0.25, 0.3) is 0 Å². The monoisotopic (exact) mass is 333 g/mol. The number of fused-ring (bicyclic) bond motifs is 1. The molecule has 1 unspecified atom stereocenters. The lowest BCUT2D eigenvalue weighted by atomic mass is 9.73. The number of methoxy groups -OCH3 is 1. The summed E-state index contributed by atoms with van der Waals surface area (Å²) in [7, 11) is 1.79. The third-order valence-corrected chi connectivity index (χ3v) is 5.67. The first kappa shape index (κ1) is 16.2. The summed E-state index contributed by atoms with van der Waals surface area (Å²) in [5.41, 5.74) is 1.43. The Morgan fingerprint density at radius 1 is 1.21 bits per heavy atom. The largest absolute Gasteiger partial charge is 0.454 e. The Morgan fingerprint density at radius 2 is 2.00 bits per heavy atom. The number of nitrogens with one attached hydrogen (secondary N) is 1. The topological polar surface area (TPSA) is 49.0 Å². The lowest BCUT2D eigenvalue weighted by Gasteiger charge is -2.39. The molecule has 4 rings (SSSR count). The molecule has 1 aliphatic carbocycles. The van der Waals surface area contributed by atoms with Crippen LogP contribution in [0.4, 0.5) is 0 Å². The van der Waals surface area contributed by atoms with Gasteiger partial charge in [-0.25, -0.2) is 0 Å². The number of hydrogen-bond acceptors (Lipinski definition) is 5.